The second-order valence-corrected chi connectivity index (χ2v) is 6.28. The number of carbonyl (C=O) groups excluding carboxylic acids is 3. The summed E-state index contributed by atoms with van der Waals surface area (Å²) in [6.45, 7) is 4.16. The molecule has 0 bridgehead atoms. The first kappa shape index (κ1) is 16.9. The van der Waals surface area contributed by atoms with Crippen molar-refractivity contribution in [3.63, 3.8) is 0 Å². The van der Waals surface area contributed by atoms with Crippen LogP contribution in [0.15, 0.2) is 24.3 Å². The van der Waals surface area contributed by atoms with Gasteiger partial charge in [0.2, 0.25) is 17.7 Å². The van der Waals surface area contributed by atoms with Gasteiger partial charge < -0.3 is 5.32 Å². The quantitative estimate of drug-likeness (QED) is 0.816. The Hall–Kier alpha value is -2.96. The minimum atomic E-state index is -0.286. The van der Waals surface area contributed by atoms with Crippen molar-refractivity contribution in [3.8, 4) is 11.3 Å². The number of amides is 3. The molecule has 1 aliphatic rings. The smallest absolute Gasteiger partial charge is 0.229 e. The summed E-state index contributed by atoms with van der Waals surface area (Å²) in [4.78, 5) is 36.2. The number of benzene rings is 1. The molecule has 3 rings (SSSR count). The number of nitrogens with zero attached hydrogens (tertiary/aromatic N) is 2. The van der Waals surface area contributed by atoms with Crippen molar-refractivity contribution >= 4 is 23.5 Å². The lowest BCUT2D eigenvalue weighted by Crippen LogP contribution is -2.32. The van der Waals surface area contributed by atoms with E-state index in [2.05, 4.69) is 21.6 Å². The molecule has 1 aliphatic heterocycles. The molecule has 2 N–H and O–H groups in total. The van der Waals surface area contributed by atoms with Gasteiger partial charge in [0, 0.05) is 37.4 Å². The summed E-state index contributed by atoms with van der Waals surface area (Å²) < 4.78 is 0. The molecule has 7 heteroatoms. The van der Waals surface area contributed by atoms with Crippen molar-refractivity contribution < 1.29 is 14.4 Å². The third-order valence-electron chi connectivity index (χ3n) is 4.10. The standard InChI is InChI=1S/C18H20N4O3/c1-11-7-12(2)9-13(8-11)14-10-15(21-20-14)19-16(23)5-6-22-17(24)3-4-18(22)25/h7-10H,3-6H2,1-2H3,(H2,19,20,21,23). The number of carbonyl (C=O) groups is 3. The van der Waals surface area contributed by atoms with E-state index >= 15 is 0 Å². The number of aromatic nitrogens is 2. The van der Waals surface area contributed by atoms with Crippen LogP contribution in [0, 0.1) is 13.8 Å². The molecule has 2 aromatic rings. The van der Waals surface area contributed by atoms with Gasteiger partial charge in [-0.05, 0) is 26.0 Å². The zero-order chi connectivity index (χ0) is 18.0. The summed E-state index contributed by atoms with van der Waals surface area (Å²) >= 11 is 0. The van der Waals surface area contributed by atoms with Gasteiger partial charge in [-0.15, -0.1) is 0 Å². The number of aromatic amines is 1. The molecular weight excluding hydrogens is 320 g/mol. The number of H-pyrrole nitrogens is 1. The Labute approximate surface area is 145 Å². The lowest BCUT2D eigenvalue weighted by atomic mass is 10.1. The molecular formula is C18H20N4O3. The molecule has 0 atom stereocenters. The van der Waals surface area contributed by atoms with Crippen LogP contribution in [0.4, 0.5) is 5.82 Å². The van der Waals surface area contributed by atoms with Gasteiger partial charge >= 0.3 is 0 Å². The minimum absolute atomic E-state index is 0.0588. The molecule has 0 aliphatic carbocycles. The first-order valence-electron chi connectivity index (χ1n) is 8.19. The molecule has 0 radical (unpaired) electrons. The second kappa shape index (κ2) is 6.88. The largest absolute Gasteiger partial charge is 0.309 e. The Bertz CT molecular complexity index is 804. The topological polar surface area (TPSA) is 95.2 Å². The van der Waals surface area contributed by atoms with Crippen LogP contribution in [-0.4, -0.2) is 39.4 Å². The first-order valence-corrected chi connectivity index (χ1v) is 8.19. The Morgan fingerprint density at radius 2 is 1.76 bits per heavy atom. The molecule has 0 spiro atoms. The van der Waals surface area contributed by atoms with Gasteiger partial charge in [0.05, 0.1) is 5.69 Å². The van der Waals surface area contributed by atoms with Crippen molar-refractivity contribution in [1.82, 2.24) is 15.1 Å². The van der Waals surface area contributed by atoms with E-state index in [4.69, 9.17) is 0 Å². The number of imide groups is 1. The number of anilines is 1. The van der Waals surface area contributed by atoms with Crippen LogP contribution in [0.5, 0.6) is 0 Å². The fourth-order valence-electron chi connectivity index (χ4n) is 2.95. The average molecular weight is 340 g/mol. The van der Waals surface area contributed by atoms with E-state index in [9.17, 15) is 14.4 Å². The normalized spacial score (nSPS) is 14.2. The van der Waals surface area contributed by atoms with E-state index in [0.717, 1.165) is 27.3 Å². The summed E-state index contributed by atoms with van der Waals surface area (Å²) in [7, 11) is 0. The Kier molecular flexibility index (Phi) is 4.65. The number of aryl methyl sites for hydroxylation is 2. The second-order valence-electron chi connectivity index (χ2n) is 6.28. The monoisotopic (exact) mass is 340 g/mol. The molecule has 0 unspecified atom stereocenters. The van der Waals surface area contributed by atoms with Crippen LogP contribution in [0.3, 0.4) is 0 Å². The van der Waals surface area contributed by atoms with Crippen LogP contribution >= 0.6 is 0 Å². The maximum atomic E-state index is 12.0. The van der Waals surface area contributed by atoms with E-state index in [1.165, 1.54) is 0 Å². The highest BCUT2D eigenvalue weighted by molar-refractivity contribution is 6.02. The molecule has 130 valence electrons. The highest BCUT2D eigenvalue weighted by Gasteiger charge is 2.28. The van der Waals surface area contributed by atoms with Crippen molar-refractivity contribution in [2.24, 2.45) is 0 Å². The van der Waals surface area contributed by atoms with Crippen molar-refractivity contribution in [3.05, 3.63) is 35.4 Å². The highest BCUT2D eigenvalue weighted by Crippen LogP contribution is 2.22. The molecule has 25 heavy (non-hydrogen) atoms. The predicted molar refractivity (Wildman–Crippen MR) is 92.7 cm³/mol. The number of hydrogen-bond acceptors (Lipinski definition) is 4. The average Bonchev–Trinajstić information content (AvgIpc) is 3.12. The van der Waals surface area contributed by atoms with Crippen LogP contribution in [0.2, 0.25) is 0 Å². The van der Waals surface area contributed by atoms with Crippen molar-refractivity contribution in [1.29, 1.82) is 0 Å². The molecule has 7 nitrogen and oxygen atoms in total. The molecule has 1 saturated heterocycles. The molecule has 0 saturated carbocycles. The Balaban J connectivity index is 1.60. The lowest BCUT2D eigenvalue weighted by molar-refractivity contribution is -0.138. The fraction of sp³-hybridized carbons (Fsp3) is 0.333. The maximum absolute atomic E-state index is 12.0. The maximum Gasteiger partial charge on any atom is 0.229 e. The van der Waals surface area contributed by atoms with Gasteiger partial charge in [-0.25, -0.2) is 0 Å². The van der Waals surface area contributed by atoms with E-state index in [0.29, 0.717) is 5.82 Å². The minimum Gasteiger partial charge on any atom is -0.309 e. The number of likely N-dealkylation sites (tertiary alicyclic amines) is 1. The van der Waals surface area contributed by atoms with Gasteiger partial charge in [-0.1, -0.05) is 17.2 Å². The molecule has 1 aromatic carbocycles. The number of nitrogens with one attached hydrogen (secondary N) is 2. The van der Waals surface area contributed by atoms with E-state index in [1.54, 1.807) is 6.07 Å². The van der Waals surface area contributed by atoms with Crippen LogP contribution in [-0.2, 0) is 14.4 Å². The zero-order valence-electron chi connectivity index (χ0n) is 14.3. The Morgan fingerprint density at radius 3 is 2.40 bits per heavy atom. The Morgan fingerprint density at radius 1 is 1.12 bits per heavy atom. The number of rotatable bonds is 5. The zero-order valence-corrected chi connectivity index (χ0v) is 14.3. The van der Waals surface area contributed by atoms with Gasteiger partial charge in [-0.2, -0.15) is 5.10 Å². The first-order chi connectivity index (χ1) is 11.9. The highest BCUT2D eigenvalue weighted by atomic mass is 16.2. The van der Waals surface area contributed by atoms with Crippen molar-refractivity contribution in [2.75, 3.05) is 11.9 Å². The summed E-state index contributed by atoms with van der Waals surface area (Å²) in [5.74, 6) is -0.298. The van der Waals surface area contributed by atoms with E-state index in [-0.39, 0.29) is 43.5 Å². The van der Waals surface area contributed by atoms with Crippen LogP contribution in [0.25, 0.3) is 11.3 Å². The third-order valence-corrected chi connectivity index (χ3v) is 4.10. The van der Waals surface area contributed by atoms with Crippen LogP contribution in [0.1, 0.15) is 30.4 Å². The van der Waals surface area contributed by atoms with Gasteiger partial charge in [0.1, 0.15) is 0 Å². The predicted octanol–water partition coefficient (Wildman–Crippen LogP) is 2.17. The van der Waals surface area contributed by atoms with Gasteiger partial charge in [0.25, 0.3) is 0 Å². The number of hydrogen-bond donors (Lipinski definition) is 2. The van der Waals surface area contributed by atoms with Gasteiger partial charge in [-0.3, -0.25) is 24.4 Å². The summed E-state index contributed by atoms with van der Waals surface area (Å²) in [6, 6.07) is 7.93. The summed E-state index contributed by atoms with van der Waals surface area (Å²) in [5, 5.41) is 9.69. The van der Waals surface area contributed by atoms with E-state index in [1.807, 2.05) is 26.0 Å². The summed E-state index contributed by atoms with van der Waals surface area (Å²) in [5.41, 5.74) is 4.11. The molecule has 2 heterocycles. The molecule has 3 amide bonds. The SMILES string of the molecule is Cc1cc(C)cc(-c2cc(NC(=O)CCN3C(=O)CCC3=O)n[nH]2)c1. The van der Waals surface area contributed by atoms with Crippen molar-refractivity contribution in [2.45, 2.75) is 33.1 Å². The fourth-order valence-corrected chi connectivity index (χ4v) is 2.95. The van der Waals surface area contributed by atoms with Crippen LogP contribution < -0.4 is 5.32 Å². The summed E-state index contributed by atoms with van der Waals surface area (Å²) in [6.07, 6.45) is 0.529. The van der Waals surface area contributed by atoms with Gasteiger partial charge in [0.15, 0.2) is 5.82 Å². The lowest BCUT2D eigenvalue weighted by Gasteiger charge is -2.12. The van der Waals surface area contributed by atoms with E-state index < -0.39 is 0 Å². The third kappa shape index (κ3) is 3.93. The molecule has 1 aromatic heterocycles. The molecule has 1 fully saturated rings.